The highest BCUT2D eigenvalue weighted by Crippen LogP contribution is 2.04. The molecule has 0 fully saturated rings. The third-order valence-electron chi connectivity index (χ3n) is 2.38. The number of rotatable bonds is 8. The largest absolute Gasteiger partial charge is 0.481 e. The summed E-state index contributed by atoms with van der Waals surface area (Å²) in [7, 11) is -3.53. The number of nitrogens with zero attached hydrogens (tertiary/aromatic N) is 1. The monoisotopic (exact) mass is 300 g/mol. The summed E-state index contributed by atoms with van der Waals surface area (Å²) >= 11 is 0. The minimum absolute atomic E-state index is 0.0738. The predicted molar refractivity (Wildman–Crippen MR) is 73.0 cm³/mol. The number of carbonyl (C=O) groups excluding carboxylic acids is 1. The molecule has 0 aliphatic carbocycles. The molecular formula is C12H16N2O5S. The maximum atomic E-state index is 11.6. The molecule has 0 saturated heterocycles. The van der Waals surface area contributed by atoms with Gasteiger partial charge in [0.1, 0.15) is 11.6 Å². The molecule has 8 heteroatoms. The molecule has 0 unspecified atom stereocenters. The molecule has 0 saturated carbocycles. The topological polar surface area (TPSA) is 113 Å². The number of hydrogen-bond donors (Lipinski definition) is 2. The highest BCUT2D eigenvalue weighted by Gasteiger charge is 2.16. The standard InChI is InChI=1S/C12H16N2O5S/c15-11(14-10-5-1-3-7-13-10)9-20(18,19)8-4-2-6-12(16)17/h1,3,5,7H,2,4,6,8-9H2,(H,16,17)(H,13,14,15). The summed E-state index contributed by atoms with van der Waals surface area (Å²) in [6.45, 7) is 0. The van der Waals surface area contributed by atoms with Crippen molar-refractivity contribution >= 4 is 27.5 Å². The molecule has 1 heterocycles. The minimum Gasteiger partial charge on any atom is -0.481 e. The lowest BCUT2D eigenvalue weighted by Gasteiger charge is -2.05. The van der Waals surface area contributed by atoms with Gasteiger partial charge in [0.25, 0.3) is 0 Å². The van der Waals surface area contributed by atoms with Gasteiger partial charge in [-0.25, -0.2) is 13.4 Å². The third-order valence-corrected chi connectivity index (χ3v) is 3.99. The predicted octanol–water partition coefficient (Wildman–Crippen LogP) is 0.690. The summed E-state index contributed by atoms with van der Waals surface area (Å²) in [6.07, 6.45) is 1.91. The molecule has 0 aliphatic heterocycles. The number of nitrogens with one attached hydrogen (secondary N) is 1. The first kappa shape index (κ1) is 16.1. The Morgan fingerprint density at radius 2 is 2.00 bits per heavy atom. The summed E-state index contributed by atoms with van der Waals surface area (Å²) in [5, 5.41) is 10.8. The number of pyridine rings is 1. The van der Waals surface area contributed by atoms with Crippen LogP contribution in [0, 0.1) is 0 Å². The molecule has 0 bridgehead atoms. The van der Waals surface area contributed by atoms with E-state index in [9.17, 15) is 18.0 Å². The van der Waals surface area contributed by atoms with E-state index < -0.39 is 27.5 Å². The number of sulfone groups is 1. The van der Waals surface area contributed by atoms with E-state index in [1.807, 2.05) is 0 Å². The highest BCUT2D eigenvalue weighted by molar-refractivity contribution is 7.92. The van der Waals surface area contributed by atoms with Crippen LogP contribution in [0.25, 0.3) is 0 Å². The smallest absolute Gasteiger partial charge is 0.303 e. The summed E-state index contributed by atoms with van der Waals surface area (Å²) in [5.74, 6) is -2.15. The van der Waals surface area contributed by atoms with Crippen LogP contribution in [0.3, 0.4) is 0 Å². The zero-order valence-corrected chi connectivity index (χ0v) is 11.6. The number of aromatic nitrogens is 1. The molecule has 20 heavy (non-hydrogen) atoms. The number of carboxylic acid groups (broad SMARTS) is 1. The van der Waals surface area contributed by atoms with Crippen molar-refractivity contribution in [3.63, 3.8) is 0 Å². The zero-order valence-electron chi connectivity index (χ0n) is 10.8. The Morgan fingerprint density at radius 1 is 1.25 bits per heavy atom. The summed E-state index contributed by atoms with van der Waals surface area (Å²) in [5.41, 5.74) is 0. The quantitative estimate of drug-likeness (QED) is 0.683. The first-order chi connectivity index (χ1) is 9.39. The van der Waals surface area contributed by atoms with Gasteiger partial charge in [0.05, 0.1) is 5.75 Å². The third kappa shape index (κ3) is 6.83. The maximum Gasteiger partial charge on any atom is 0.303 e. The molecule has 0 aromatic carbocycles. The Balaban J connectivity index is 2.38. The second-order valence-corrected chi connectivity index (χ2v) is 6.39. The summed E-state index contributed by atoms with van der Waals surface area (Å²) in [4.78, 5) is 25.7. The number of unbranched alkanes of at least 4 members (excludes halogenated alkanes) is 1. The molecule has 0 radical (unpaired) electrons. The van der Waals surface area contributed by atoms with Crippen LogP contribution >= 0.6 is 0 Å². The lowest BCUT2D eigenvalue weighted by Crippen LogP contribution is -2.25. The van der Waals surface area contributed by atoms with Crippen LogP contribution in [0.4, 0.5) is 5.82 Å². The van der Waals surface area contributed by atoms with Gasteiger partial charge >= 0.3 is 5.97 Å². The average Bonchev–Trinajstić information content (AvgIpc) is 2.35. The second-order valence-electron chi connectivity index (χ2n) is 4.21. The van der Waals surface area contributed by atoms with Crippen molar-refractivity contribution in [1.29, 1.82) is 0 Å². The Morgan fingerprint density at radius 3 is 2.60 bits per heavy atom. The molecule has 0 atom stereocenters. The molecule has 1 rings (SSSR count). The molecule has 7 nitrogen and oxygen atoms in total. The Kier molecular flexibility index (Phi) is 6.10. The molecular weight excluding hydrogens is 284 g/mol. The molecule has 1 aromatic heterocycles. The van der Waals surface area contributed by atoms with Crippen molar-refractivity contribution in [1.82, 2.24) is 4.98 Å². The summed E-state index contributed by atoms with van der Waals surface area (Å²) < 4.78 is 23.3. The molecule has 1 aromatic rings. The van der Waals surface area contributed by atoms with Gasteiger partial charge in [0.2, 0.25) is 5.91 Å². The minimum atomic E-state index is -3.53. The number of carboxylic acids is 1. The number of carbonyl (C=O) groups is 2. The van der Waals surface area contributed by atoms with Gasteiger partial charge in [0, 0.05) is 12.6 Å². The van der Waals surface area contributed by atoms with Gasteiger partial charge in [-0.05, 0) is 25.0 Å². The van der Waals surface area contributed by atoms with Crippen LogP contribution < -0.4 is 5.32 Å². The van der Waals surface area contributed by atoms with Gasteiger partial charge in [-0.1, -0.05) is 6.07 Å². The van der Waals surface area contributed by atoms with E-state index in [-0.39, 0.29) is 25.0 Å². The lowest BCUT2D eigenvalue weighted by atomic mass is 10.3. The van der Waals surface area contributed by atoms with E-state index >= 15 is 0 Å². The van der Waals surface area contributed by atoms with Crippen LogP contribution in [0.2, 0.25) is 0 Å². The second kappa shape index (κ2) is 7.59. The van der Waals surface area contributed by atoms with Crippen molar-refractivity contribution in [2.75, 3.05) is 16.8 Å². The van der Waals surface area contributed by atoms with Gasteiger partial charge < -0.3 is 10.4 Å². The van der Waals surface area contributed by atoms with E-state index in [2.05, 4.69) is 10.3 Å². The number of aliphatic carboxylic acids is 1. The Bertz CT molecular complexity index is 556. The van der Waals surface area contributed by atoms with Crippen molar-refractivity contribution in [3.05, 3.63) is 24.4 Å². The Labute approximate surface area is 116 Å². The molecule has 110 valence electrons. The fraction of sp³-hybridized carbons (Fsp3) is 0.417. The number of hydrogen-bond acceptors (Lipinski definition) is 5. The lowest BCUT2D eigenvalue weighted by molar-refractivity contribution is -0.137. The van der Waals surface area contributed by atoms with E-state index in [1.165, 1.54) is 6.20 Å². The zero-order chi connectivity index (χ0) is 15.0. The highest BCUT2D eigenvalue weighted by atomic mass is 32.2. The van der Waals surface area contributed by atoms with E-state index in [1.54, 1.807) is 18.2 Å². The maximum absolute atomic E-state index is 11.6. The van der Waals surface area contributed by atoms with Gasteiger partial charge in [-0.15, -0.1) is 0 Å². The first-order valence-electron chi connectivity index (χ1n) is 6.02. The van der Waals surface area contributed by atoms with Crippen LogP contribution in [-0.2, 0) is 19.4 Å². The van der Waals surface area contributed by atoms with Crippen LogP contribution in [0.15, 0.2) is 24.4 Å². The van der Waals surface area contributed by atoms with Crippen molar-refractivity contribution in [2.45, 2.75) is 19.3 Å². The first-order valence-corrected chi connectivity index (χ1v) is 7.84. The van der Waals surface area contributed by atoms with Crippen LogP contribution in [-0.4, -0.2) is 41.9 Å². The average molecular weight is 300 g/mol. The van der Waals surface area contributed by atoms with E-state index in [4.69, 9.17) is 5.11 Å². The Hall–Kier alpha value is -1.96. The molecule has 1 amide bonds. The van der Waals surface area contributed by atoms with E-state index in [0.29, 0.717) is 5.82 Å². The molecule has 2 N–H and O–H groups in total. The SMILES string of the molecule is O=C(O)CCCCS(=O)(=O)CC(=O)Nc1ccccn1. The van der Waals surface area contributed by atoms with Gasteiger partial charge in [0.15, 0.2) is 9.84 Å². The fourth-order valence-electron chi connectivity index (χ4n) is 1.49. The van der Waals surface area contributed by atoms with Crippen molar-refractivity contribution in [2.24, 2.45) is 0 Å². The van der Waals surface area contributed by atoms with E-state index in [0.717, 1.165) is 0 Å². The molecule has 0 spiro atoms. The van der Waals surface area contributed by atoms with Gasteiger partial charge in [-0.2, -0.15) is 0 Å². The number of anilines is 1. The number of amides is 1. The van der Waals surface area contributed by atoms with Crippen molar-refractivity contribution in [3.8, 4) is 0 Å². The molecule has 0 aliphatic rings. The van der Waals surface area contributed by atoms with Gasteiger partial charge in [-0.3, -0.25) is 9.59 Å². The van der Waals surface area contributed by atoms with Crippen LogP contribution in [0.5, 0.6) is 0 Å². The van der Waals surface area contributed by atoms with Crippen LogP contribution in [0.1, 0.15) is 19.3 Å². The normalized spacial score (nSPS) is 11.0. The van der Waals surface area contributed by atoms with Crippen molar-refractivity contribution < 1.29 is 23.1 Å². The fourth-order valence-corrected chi connectivity index (χ4v) is 2.75. The summed E-state index contributed by atoms with van der Waals surface area (Å²) in [6, 6.07) is 4.90.